The second-order valence-electron chi connectivity index (χ2n) is 5.74. The van der Waals surface area contributed by atoms with Crippen LogP contribution in [-0.2, 0) is 11.3 Å². The number of amides is 1. The molecule has 1 rings (SSSR count). The predicted octanol–water partition coefficient (Wildman–Crippen LogP) is 2.87. The van der Waals surface area contributed by atoms with Gasteiger partial charge in [-0.25, -0.2) is 0 Å². The third-order valence-corrected chi connectivity index (χ3v) is 3.18. The lowest BCUT2D eigenvalue weighted by Crippen LogP contribution is -2.36. The molecule has 1 unspecified atom stereocenters. The van der Waals surface area contributed by atoms with Crippen LogP contribution >= 0.6 is 11.6 Å². The minimum Gasteiger partial charge on any atom is -0.480 e. The van der Waals surface area contributed by atoms with Crippen molar-refractivity contribution in [1.29, 1.82) is 0 Å². The van der Waals surface area contributed by atoms with E-state index in [4.69, 9.17) is 22.1 Å². The second kappa shape index (κ2) is 6.95. The van der Waals surface area contributed by atoms with E-state index in [-0.39, 0.29) is 5.54 Å². The number of primary amides is 1. The summed E-state index contributed by atoms with van der Waals surface area (Å²) in [4.78, 5) is 11.3. The first kappa shape index (κ1) is 16.8. The zero-order valence-electron chi connectivity index (χ0n) is 12.5. The van der Waals surface area contributed by atoms with Crippen LogP contribution in [-0.4, -0.2) is 17.6 Å². The Labute approximate surface area is 125 Å². The van der Waals surface area contributed by atoms with Crippen LogP contribution in [0.1, 0.15) is 39.7 Å². The third kappa shape index (κ3) is 5.02. The van der Waals surface area contributed by atoms with Crippen LogP contribution in [0.15, 0.2) is 18.2 Å². The molecule has 4 nitrogen and oxygen atoms in total. The zero-order valence-corrected chi connectivity index (χ0v) is 13.3. The quantitative estimate of drug-likeness (QED) is 0.849. The van der Waals surface area contributed by atoms with E-state index < -0.39 is 12.0 Å². The number of halogens is 1. The van der Waals surface area contributed by atoms with Gasteiger partial charge >= 0.3 is 0 Å². The van der Waals surface area contributed by atoms with Crippen LogP contribution in [0.4, 0.5) is 0 Å². The molecular formula is C15H23ClN2O2. The first-order valence-corrected chi connectivity index (χ1v) is 7.10. The molecule has 0 spiro atoms. The van der Waals surface area contributed by atoms with E-state index in [1.54, 1.807) is 18.2 Å². The van der Waals surface area contributed by atoms with Crippen molar-refractivity contribution in [1.82, 2.24) is 5.32 Å². The Hall–Kier alpha value is -1.26. The lowest BCUT2D eigenvalue weighted by molar-refractivity contribution is -0.124. The highest BCUT2D eigenvalue weighted by Crippen LogP contribution is 2.28. The summed E-state index contributed by atoms with van der Waals surface area (Å²) in [5, 5.41) is 3.97. The monoisotopic (exact) mass is 298 g/mol. The van der Waals surface area contributed by atoms with Gasteiger partial charge in [-0.1, -0.05) is 24.6 Å². The fraction of sp³-hybridized carbons (Fsp3) is 0.533. The Morgan fingerprint density at radius 2 is 2.10 bits per heavy atom. The first-order valence-electron chi connectivity index (χ1n) is 6.73. The van der Waals surface area contributed by atoms with Crippen LogP contribution in [0.2, 0.25) is 5.02 Å². The van der Waals surface area contributed by atoms with Crippen LogP contribution < -0.4 is 15.8 Å². The molecule has 112 valence electrons. The molecule has 1 atom stereocenters. The van der Waals surface area contributed by atoms with Crippen molar-refractivity contribution in [2.75, 3.05) is 0 Å². The molecule has 0 heterocycles. The van der Waals surface area contributed by atoms with Crippen LogP contribution in [0.25, 0.3) is 0 Å². The molecule has 0 aliphatic carbocycles. The van der Waals surface area contributed by atoms with Gasteiger partial charge in [-0.15, -0.1) is 0 Å². The number of carbonyl (C=O) groups excluding carboxylic acids is 1. The number of rotatable bonds is 6. The number of nitrogens with one attached hydrogen (secondary N) is 1. The summed E-state index contributed by atoms with van der Waals surface area (Å²) in [6, 6.07) is 5.41. The van der Waals surface area contributed by atoms with Crippen molar-refractivity contribution in [3.63, 3.8) is 0 Å². The van der Waals surface area contributed by atoms with Gasteiger partial charge in [-0.3, -0.25) is 4.79 Å². The van der Waals surface area contributed by atoms with E-state index in [9.17, 15) is 4.79 Å². The number of carbonyl (C=O) groups is 1. The van der Waals surface area contributed by atoms with Gasteiger partial charge in [0.25, 0.3) is 5.91 Å². The minimum atomic E-state index is -0.637. The first-order chi connectivity index (χ1) is 9.24. The SMILES string of the molecule is CCC(Oc1cccc(Cl)c1CNC(C)(C)C)C(N)=O. The Morgan fingerprint density at radius 1 is 1.45 bits per heavy atom. The molecule has 3 N–H and O–H groups in total. The molecule has 0 saturated carbocycles. The molecule has 0 saturated heterocycles. The predicted molar refractivity (Wildman–Crippen MR) is 81.9 cm³/mol. The van der Waals surface area contributed by atoms with Crippen LogP contribution in [0, 0.1) is 0 Å². The lowest BCUT2D eigenvalue weighted by Gasteiger charge is -2.23. The maximum Gasteiger partial charge on any atom is 0.258 e. The molecule has 0 aliphatic heterocycles. The number of nitrogens with two attached hydrogens (primary N) is 1. The standard InChI is InChI=1S/C15H23ClN2O2/c1-5-12(14(17)19)20-13-8-6-7-11(16)10(13)9-18-15(2,3)4/h6-8,12,18H,5,9H2,1-4H3,(H2,17,19). The Morgan fingerprint density at radius 3 is 2.60 bits per heavy atom. The number of hydrogen-bond acceptors (Lipinski definition) is 3. The summed E-state index contributed by atoms with van der Waals surface area (Å²) >= 11 is 6.23. The van der Waals surface area contributed by atoms with E-state index in [1.807, 2.05) is 6.92 Å². The molecule has 5 heteroatoms. The number of ether oxygens (including phenoxy) is 1. The summed E-state index contributed by atoms with van der Waals surface area (Å²) in [6.07, 6.45) is -0.115. The summed E-state index contributed by atoms with van der Waals surface area (Å²) in [7, 11) is 0. The van der Waals surface area contributed by atoms with Crippen molar-refractivity contribution in [3.8, 4) is 5.75 Å². The fourth-order valence-corrected chi connectivity index (χ4v) is 1.90. The maximum atomic E-state index is 11.3. The van der Waals surface area contributed by atoms with Crippen molar-refractivity contribution in [2.45, 2.75) is 52.3 Å². The Balaban J connectivity index is 2.95. The van der Waals surface area contributed by atoms with Crippen molar-refractivity contribution >= 4 is 17.5 Å². The van der Waals surface area contributed by atoms with E-state index in [2.05, 4.69) is 26.1 Å². The largest absolute Gasteiger partial charge is 0.480 e. The maximum absolute atomic E-state index is 11.3. The van der Waals surface area contributed by atoms with Crippen molar-refractivity contribution in [2.24, 2.45) is 5.73 Å². The summed E-state index contributed by atoms with van der Waals surface area (Å²) < 4.78 is 5.70. The van der Waals surface area contributed by atoms with Gasteiger partial charge < -0.3 is 15.8 Å². The van der Waals surface area contributed by atoms with E-state index in [0.717, 1.165) is 5.56 Å². The van der Waals surface area contributed by atoms with Gasteiger partial charge in [-0.05, 0) is 39.3 Å². The molecule has 0 fully saturated rings. The number of hydrogen-bond donors (Lipinski definition) is 2. The number of benzene rings is 1. The highest BCUT2D eigenvalue weighted by atomic mass is 35.5. The van der Waals surface area contributed by atoms with Gasteiger partial charge in [-0.2, -0.15) is 0 Å². The van der Waals surface area contributed by atoms with Gasteiger partial charge in [0, 0.05) is 22.7 Å². The van der Waals surface area contributed by atoms with Crippen molar-refractivity contribution in [3.05, 3.63) is 28.8 Å². The molecule has 0 bridgehead atoms. The molecule has 0 aliphatic rings. The van der Waals surface area contributed by atoms with E-state index in [0.29, 0.717) is 23.7 Å². The summed E-state index contributed by atoms with van der Waals surface area (Å²) in [5.41, 5.74) is 6.11. The van der Waals surface area contributed by atoms with Gasteiger partial charge in [0.05, 0.1) is 0 Å². The van der Waals surface area contributed by atoms with E-state index in [1.165, 1.54) is 0 Å². The smallest absolute Gasteiger partial charge is 0.258 e. The third-order valence-electron chi connectivity index (χ3n) is 2.83. The lowest BCUT2D eigenvalue weighted by atomic mass is 10.1. The van der Waals surface area contributed by atoms with Gasteiger partial charge in [0.15, 0.2) is 6.10 Å². The summed E-state index contributed by atoms with van der Waals surface area (Å²) in [5.74, 6) is 0.127. The molecule has 1 aromatic rings. The molecular weight excluding hydrogens is 276 g/mol. The van der Waals surface area contributed by atoms with Gasteiger partial charge in [0.2, 0.25) is 0 Å². The molecule has 0 aromatic heterocycles. The van der Waals surface area contributed by atoms with E-state index >= 15 is 0 Å². The highest BCUT2D eigenvalue weighted by Gasteiger charge is 2.19. The molecule has 1 amide bonds. The minimum absolute atomic E-state index is 0.0374. The summed E-state index contributed by atoms with van der Waals surface area (Å²) in [6.45, 7) is 8.63. The highest BCUT2D eigenvalue weighted by molar-refractivity contribution is 6.31. The molecule has 20 heavy (non-hydrogen) atoms. The average molecular weight is 299 g/mol. The second-order valence-corrected chi connectivity index (χ2v) is 6.14. The normalized spacial score (nSPS) is 13.1. The Bertz CT molecular complexity index is 469. The molecule has 1 aromatic carbocycles. The average Bonchev–Trinajstić information content (AvgIpc) is 2.33. The Kier molecular flexibility index (Phi) is 5.84. The zero-order chi connectivity index (χ0) is 15.3. The fourth-order valence-electron chi connectivity index (χ4n) is 1.67. The van der Waals surface area contributed by atoms with Gasteiger partial charge in [0.1, 0.15) is 5.75 Å². The van der Waals surface area contributed by atoms with Crippen LogP contribution in [0.3, 0.4) is 0 Å². The van der Waals surface area contributed by atoms with Crippen LogP contribution in [0.5, 0.6) is 5.75 Å². The topological polar surface area (TPSA) is 64.3 Å². The molecule has 0 radical (unpaired) electrons. The van der Waals surface area contributed by atoms with Crippen molar-refractivity contribution < 1.29 is 9.53 Å².